The molecule has 0 fully saturated rings. The molecule has 3 rings (SSSR count). The molecule has 3 heterocycles. The minimum absolute atomic E-state index is 0.0287. The van der Waals surface area contributed by atoms with Gasteiger partial charge in [0.25, 0.3) is 5.91 Å². The summed E-state index contributed by atoms with van der Waals surface area (Å²) in [6.07, 6.45) is 2.84. The van der Waals surface area contributed by atoms with Crippen molar-refractivity contribution in [2.24, 2.45) is 5.92 Å². The molecule has 2 aromatic heterocycles. The van der Waals surface area contributed by atoms with Crippen molar-refractivity contribution in [2.45, 2.75) is 13.1 Å². The Morgan fingerprint density at radius 2 is 2.26 bits per heavy atom. The van der Waals surface area contributed by atoms with Crippen LogP contribution in [0.3, 0.4) is 0 Å². The fourth-order valence-electron chi connectivity index (χ4n) is 2.64. The van der Waals surface area contributed by atoms with Gasteiger partial charge in [-0.05, 0) is 17.5 Å². The van der Waals surface area contributed by atoms with Gasteiger partial charge in [0.15, 0.2) is 0 Å². The number of nitrogens with zero attached hydrogens (tertiary/aromatic N) is 3. The van der Waals surface area contributed by atoms with Crippen molar-refractivity contribution < 1.29 is 13.2 Å². The maximum atomic E-state index is 12.7. The van der Waals surface area contributed by atoms with Gasteiger partial charge in [0, 0.05) is 31.7 Å². The van der Waals surface area contributed by atoms with Gasteiger partial charge in [0.2, 0.25) is 10.0 Å². The molecule has 0 spiro atoms. The van der Waals surface area contributed by atoms with Crippen LogP contribution >= 0.6 is 11.3 Å². The molecule has 0 radical (unpaired) electrons. The van der Waals surface area contributed by atoms with E-state index in [-0.39, 0.29) is 18.4 Å². The lowest BCUT2D eigenvalue weighted by atomic mass is 10.1. The van der Waals surface area contributed by atoms with Gasteiger partial charge in [-0.2, -0.15) is 5.10 Å². The highest BCUT2D eigenvalue weighted by Crippen LogP contribution is 2.20. The smallest absolute Gasteiger partial charge is 0.264 e. The van der Waals surface area contributed by atoms with Crippen LogP contribution in [0, 0.1) is 5.92 Å². The highest BCUT2D eigenvalue weighted by Gasteiger charge is 2.27. The highest BCUT2D eigenvalue weighted by atomic mass is 32.2. The van der Waals surface area contributed by atoms with Crippen LogP contribution in [0.1, 0.15) is 15.4 Å². The van der Waals surface area contributed by atoms with Crippen LogP contribution in [0.15, 0.2) is 29.8 Å². The van der Waals surface area contributed by atoms with Gasteiger partial charge in [0.1, 0.15) is 0 Å². The summed E-state index contributed by atoms with van der Waals surface area (Å²) in [4.78, 5) is 15.1. The van der Waals surface area contributed by atoms with Crippen molar-refractivity contribution in [3.8, 4) is 0 Å². The molecule has 124 valence electrons. The van der Waals surface area contributed by atoms with E-state index in [1.165, 1.54) is 11.3 Å². The lowest BCUT2D eigenvalue weighted by molar-refractivity contribution is 0.0727. The first-order chi connectivity index (χ1) is 10.9. The van der Waals surface area contributed by atoms with Crippen LogP contribution < -0.4 is 4.72 Å². The molecule has 0 unspecified atom stereocenters. The predicted octanol–water partition coefficient (Wildman–Crippen LogP) is 0.766. The summed E-state index contributed by atoms with van der Waals surface area (Å²) >= 11 is 1.41. The third kappa shape index (κ3) is 3.98. The molecule has 0 saturated carbocycles. The lowest BCUT2D eigenvalue weighted by Crippen LogP contribution is -2.38. The second kappa shape index (κ2) is 6.42. The molecule has 0 aliphatic carbocycles. The number of hydrogen-bond acceptors (Lipinski definition) is 5. The first-order valence-electron chi connectivity index (χ1n) is 7.20. The van der Waals surface area contributed by atoms with Crippen LogP contribution in [0.4, 0.5) is 0 Å². The van der Waals surface area contributed by atoms with Gasteiger partial charge in [-0.25, -0.2) is 13.1 Å². The normalized spacial score (nSPS) is 18.5. The second-order valence-electron chi connectivity index (χ2n) is 5.65. The SMILES string of the molecule is CS(=O)(=O)NC[C@H]1CN(C(=O)c2cccs2)Cc2ccnn2C1. The Morgan fingerprint density at radius 1 is 1.43 bits per heavy atom. The second-order valence-corrected chi connectivity index (χ2v) is 8.43. The maximum Gasteiger partial charge on any atom is 0.264 e. The Kier molecular flexibility index (Phi) is 4.51. The summed E-state index contributed by atoms with van der Waals surface area (Å²) in [5.41, 5.74) is 0.955. The zero-order valence-corrected chi connectivity index (χ0v) is 14.3. The molecule has 7 nitrogen and oxygen atoms in total. The molecule has 0 saturated heterocycles. The average molecular weight is 354 g/mol. The van der Waals surface area contributed by atoms with Gasteiger partial charge < -0.3 is 4.90 Å². The Bertz CT molecular complexity index is 783. The summed E-state index contributed by atoms with van der Waals surface area (Å²) < 4.78 is 27.1. The number of hydrogen-bond donors (Lipinski definition) is 1. The van der Waals surface area contributed by atoms with Crippen LogP contribution in [0.5, 0.6) is 0 Å². The van der Waals surface area contributed by atoms with Crippen LogP contribution in [0.2, 0.25) is 0 Å². The van der Waals surface area contributed by atoms with Gasteiger partial charge >= 0.3 is 0 Å². The molecule has 0 aromatic carbocycles. The number of carbonyl (C=O) groups excluding carboxylic acids is 1. The van der Waals surface area contributed by atoms with E-state index >= 15 is 0 Å². The van der Waals surface area contributed by atoms with E-state index in [1.807, 2.05) is 22.2 Å². The van der Waals surface area contributed by atoms with E-state index in [0.29, 0.717) is 24.5 Å². The summed E-state index contributed by atoms with van der Waals surface area (Å²) in [5, 5.41) is 6.15. The maximum absolute atomic E-state index is 12.7. The summed E-state index contributed by atoms with van der Waals surface area (Å²) in [5.74, 6) is -0.0613. The van der Waals surface area contributed by atoms with Gasteiger partial charge in [0.05, 0.1) is 23.4 Å². The monoisotopic (exact) mass is 354 g/mol. The molecule has 1 aliphatic rings. The van der Waals surface area contributed by atoms with Crippen molar-refractivity contribution in [2.75, 3.05) is 19.3 Å². The number of carbonyl (C=O) groups is 1. The molecule has 1 atom stereocenters. The molecule has 1 amide bonds. The first kappa shape index (κ1) is 16.2. The van der Waals surface area contributed by atoms with E-state index in [0.717, 1.165) is 11.9 Å². The summed E-state index contributed by atoms with van der Waals surface area (Å²) in [7, 11) is -3.26. The fraction of sp³-hybridized carbons (Fsp3) is 0.429. The largest absolute Gasteiger partial charge is 0.332 e. The number of rotatable bonds is 4. The third-order valence-corrected chi connectivity index (χ3v) is 5.27. The molecule has 1 aliphatic heterocycles. The van der Waals surface area contributed by atoms with Crippen LogP contribution in [0.25, 0.3) is 0 Å². The average Bonchev–Trinajstić information content (AvgIpc) is 3.12. The van der Waals surface area contributed by atoms with E-state index in [2.05, 4.69) is 9.82 Å². The van der Waals surface area contributed by atoms with Gasteiger partial charge in [-0.3, -0.25) is 9.48 Å². The Hall–Kier alpha value is -1.71. The van der Waals surface area contributed by atoms with Crippen molar-refractivity contribution >= 4 is 27.3 Å². The third-order valence-electron chi connectivity index (χ3n) is 3.72. The zero-order valence-electron chi connectivity index (χ0n) is 12.7. The quantitative estimate of drug-likeness (QED) is 0.879. The van der Waals surface area contributed by atoms with Crippen LogP contribution in [-0.4, -0.2) is 48.4 Å². The molecule has 1 N–H and O–H groups in total. The van der Waals surface area contributed by atoms with Gasteiger partial charge in [-0.1, -0.05) is 6.07 Å². The minimum Gasteiger partial charge on any atom is -0.332 e. The topological polar surface area (TPSA) is 84.3 Å². The van der Waals surface area contributed by atoms with Crippen molar-refractivity contribution in [3.05, 3.63) is 40.3 Å². The van der Waals surface area contributed by atoms with E-state index < -0.39 is 10.0 Å². The summed E-state index contributed by atoms with van der Waals surface area (Å²) in [6, 6.07) is 5.54. The zero-order chi connectivity index (χ0) is 16.4. The number of aromatic nitrogens is 2. The molecule has 9 heteroatoms. The highest BCUT2D eigenvalue weighted by molar-refractivity contribution is 7.88. The van der Waals surface area contributed by atoms with Crippen molar-refractivity contribution in [3.63, 3.8) is 0 Å². The molecule has 23 heavy (non-hydrogen) atoms. The molecular weight excluding hydrogens is 336 g/mol. The van der Waals surface area contributed by atoms with Gasteiger partial charge in [-0.15, -0.1) is 11.3 Å². The number of fused-ring (bicyclic) bond motifs is 1. The van der Waals surface area contributed by atoms with E-state index in [4.69, 9.17) is 0 Å². The molecule has 0 bridgehead atoms. The number of thiophene rings is 1. The lowest BCUT2D eigenvalue weighted by Gasteiger charge is -2.23. The standard InChI is InChI=1S/C14H18N4O3S2/c1-23(20,21)16-7-11-8-17(14(19)13-3-2-6-22-13)10-12-4-5-15-18(12)9-11/h2-6,11,16H,7-10H2,1H3/t11-/m0/s1. The predicted molar refractivity (Wildman–Crippen MR) is 87.6 cm³/mol. The minimum atomic E-state index is -3.26. The Morgan fingerprint density at radius 3 is 2.96 bits per heavy atom. The van der Waals surface area contributed by atoms with Crippen molar-refractivity contribution in [1.29, 1.82) is 0 Å². The Labute approximate surface area is 139 Å². The van der Waals surface area contributed by atoms with E-state index in [1.54, 1.807) is 17.2 Å². The van der Waals surface area contributed by atoms with Crippen LogP contribution in [-0.2, 0) is 23.1 Å². The van der Waals surface area contributed by atoms with Crippen molar-refractivity contribution in [1.82, 2.24) is 19.4 Å². The Balaban J connectivity index is 1.81. The summed E-state index contributed by atoms with van der Waals surface area (Å²) in [6.45, 7) is 1.83. The number of sulfonamides is 1. The molecule has 2 aromatic rings. The first-order valence-corrected chi connectivity index (χ1v) is 9.97. The number of nitrogens with one attached hydrogen (secondary N) is 1. The fourth-order valence-corrected chi connectivity index (χ4v) is 3.87. The number of amides is 1. The van der Waals surface area contributed by atoms with E-state index in [9.17, 15) is 13.2 Å². The molecular formula is C14H18N4O3S2.